The van der Waals surface area contributed by atoms with Gasteiger partial charge in [-0.2, -0.15) is 0 Å². The van der Waals surface area contributed by atoms with E-state index < -0.39 is 0 Å². The van der Waals surface area contributed by atoms with Crippen molar-refractivity contribution in [3.05, 3.63) is 48.5 Å². The Labute approximate surface area is 99.8 Å². The molecule has 0 aliphatic carbocycles. The largest absolute Gasteiger partial charge is 0.427 e. The van der Waals surface area contributed by atoms with Gasteiger partial charge in [-0.15, -0.1) is 0 Å². The zero-order valence-corrected chi connectivity index (χ0v) is 9.51. The van der Waals surface area contributed by atoms with E-state index in [4.69, 9.17) is 10.5 Å². The summed E-state index contributed by atoms with van der Waals surface area (Å²) < 4.78 is 4.97. The molecule has 0 saturated heterocycles. The summed E-state index contributed by atoms with van der Waals surface area (Å²) in [6.45, 7) is 1.38. The predicted octanol–water partition coefficient (Wildman–Crippen LogP) is 2.86. The SMILES string of the molecule is CC(=O)Oc1ccc(-c2ccc(N)cc2)cc1. The van der Waals surface area contributed by atoms with Gasteiger partial charge in [0.1, 0.15) is 5.75 Å². The molecule has 0 saturated carbocycles. The predicted molar refractivity (Wildman–Crippen MR) is 67.6 cm³/mol. The van der Waals surface area contributed by atoms with E-state index in [0.29, 0.717) is 5.75 Å². The number of nitrogen functional groups attached to an aromatic ring is 1. The van der Waals surface area contributed by atoms with Crippen LogP contribution in [0.3, 0.4) is 0 Å². The van der Waals surface area contributed by atoms with Crippen molar-refractivity contribution >= 4 is 11.7 Å². The molecule has 2 aromatic carbocycles. The monoisotopic (exact) mass is 227 g/mol. The first-order chi connectivity index (χ1) is 8.15. The molecule has 3 nitrogen and oxygen atoms in total. The van der Waals surface area contributed by atoms with Gasteiger partial charge in [-0.1, -0.05) is 24.3 Å². The molecule has 2 N–H and O–H groups in total. The summed E-state index contributed by atoms with van der Waals surface area (Å²) in [4.78, 5) is 10.8. The van der Waals surface area contributed by atoms with Crippen molar-refractivity contribution in [2.45, 2.75) is 6.92 Å². The van der Waals surface area contributed by atoms with E-state index in [0.717, 1.165) is 16.8 Å². The highest BCUT2D eigenvalue weighted by Crippen LogP contribution is 2.23. The Morgan fingerprint density at radius 1 is 0.941 bits per heavy atom. The molecule has 3 heteroatoms. The van der Waals surface area contributed by atoms with Gasteiger partial charge < -0.3 is 10.5 Å². The molecule has 0 spiro atoms. The minimum absolute atomic E-state index is 0.315. The van der Waals surface area contributed by atoms with E-state index in [9.17, 15) is 4.79 Å². The van der Waals surface area contributed by atoms with E-state index in [-0.39, 0.29) is 5.97 Å². The number of nitrogens with two attached hydrogens (primary N) is 1. The number of carbonyl (C=O) groups excluding carboxylic acids is 1. The molecule has 0 unspecified atom stereocenters. The molecule has 0 amide bonds. The first kappa shape index (κ1) is 11.2. The number of esters is 1. The molecular weight excluding hydrogens is 214 g/mol. The van der Waals surface area contributed by atoms with Crippen molar-refractivity contribution < 1.29 is 9.53 Å². The van der Waals surface area contributed by atoms with Crippen LogP contribution in [-0.4, -0.2) is 5.97 Å². The third-order valence-electron chi connectivity index (χ3n) is 2.36. The second-order valence-corrected chi connectivity index (χ2v) is 3.74. The summed E-state index contributed by atoms with van der Waals surface area (Å²) in [5, 5.41) is 0. The quantitative estimate of drug-likeness (QED) is 0.487. The summed E-state index contributed by atoms with van der Waals surface area (Å²) in [6.07, 6.45) is 0. The Bertz CT molecular complexity index is 515. The van der Waals surface area contributed by atoms with Crippen molar-refractivity contribution in [1.29, 1.82) is 0 Å². The normalized spacial score (nSPS) is 9.94. The van der Waals surface area contributed by atoms with Crippen LogP contribution in [0.15, 0.2) is 48.5 Å². The van der Waals surface area contributed by atoms with Crippen LogP contribution >= 0.6 is 0 Å². The average Bonchev–Trinajstić information content (AvgIpc) is 2.30. The van der Waals surface area contributed by atoms with Crippen LogP contribution in [0.2, 0.25) is 0 Å². The fourth-order valence-corrected chi connectivity index (χ4v) is 1.56. The maximum atomic E-state index is 10.8. The van der Waals surface area contributed by atoms with Gasteiger partial charge in [-0.3, -0.25) is 4.79 Å². The van der Waals surface area contributed by atoms with Crippen LogP contribution in [-0.2, 0) is 4.79 Å². The van der Waals surface area contributed by atoms with Crippen LogP contribution in [0.1, 0.15) is 6.92 Å². The van der Waals surface area contributed by atoms with Crippen LogP contribution < -0.4 is 10.5 Å². The zero-order valence-electron chi connectivity index (χ0n) is 9.51. The third kappa shape index (κ3) is 2.84. The molecule has 0 aliphatic rings. The van der Waals surface area contributed by atoms with Gasteiger partial charge in [0.15, 0.2) is 0 Å². The van der Waals surface area contributed by atoms with Gasteiger partial charge in [0, 0.05) is 12.6 Å². The van der Waals surface area contributed by atoms with Crippen molar-refractivity contribution in [2.75, 3.05) is 5.73 Å². The zero-order chi connectivity index (χ0) is 12.3. The summed E-state index contributed by atoms with van der Waals surface area (Å²) in [5.41, 5.74) is 8.50. The lowest BCUT2D eigenvalue weighted by Crippen LogP contribution is -2.00. The molecule has 86 valence electrons. The Morgan fingerprint density at radius 3 is 1.88 bits per heavy atom. The fraction of sp³-hybridized carbons (Fsp3) is 0.0714. The highest BCUT2D eigenvalue weighted by molar-refractivity contribution is 5.70. The minimum Gasteiger partial charge on any atom is -0.427 e. The highest BCUT2D eigenvalue weighted by atomic mass is 16.5. The molecule has 0 bridgehead atoms. The van der Waals surface area contributed by atoms with Crippen LogP contribution in [0, 0.1) is 0 Å². The van der Waals surface area contributed by atoms with Gasteiger partial charge in [-0.05, 0) is 35.4 Å². The fourth-order valence-electron chi connectivity index (χ4n) is 1.56. The number of hydrogen-bond acceptors (Lipinski definition) is 3. The van der Waals surface area contributed by atoms with Crippen LogP contribution in [0.4, 0.5) is 5.69 Å². The van der Waals surface area contributed by atoms with Gasteiger partial charge >= 0.3 is 5.97 Å². The molecule has 2 rings (SSSR count). The standard InChI is InChI=1S/C14H13NO2/c1-10(16)17-14-8-4-12(5-9-14)11-2-6-13(15)7-3-11/h2-9H,15H2,1H3. The van der Waals surface area contributed by atoms with Gasteiger partial charge in [0.2, 0.25) is 0 Å². The molecule has 0 radical (unpaired) electrons. The Morgan fingerprint density at radius 2 is 1.41 bits per heavy atom. The van der Waals surface area contributed by atoms with E-state index >= 15 is 0 Å². The average molecular weight is 227 g/mol. The van der Waals surface area contributed by atoms with Crippen molar-refractivity contribution in [1.82, 2.24) is 0 Å². The Kier molecular flexibility index (Phi) is 3.10. The van der Waals surface area contributed by atoms with E-state index in [1.807, 2.05) is 36.4 Å². The lowest BCUT2D eigenvalue weighted by atomic mass is 10.1. The molecule has 0 atom stereocenters. The molecule has 17 heavy (non-hydrogen) atoms. The summed E-state index contributed by atoms with van der Waals surface area (Å²) >= 11 is 0. The number of rotatable bonds is 2. The van der Waals surface area contributed by atoms with E-state index in [1.54, 1.807) is 12.1 Å². The number of ether oxygens (including phenoxy) is 1. The lowest BCUT2D eigenvalue weighted by molar-refractivity contribution is -0.131. The lowest BCUT2D eigenvalue weighted by Gasteiger charge is -2.04. The van der Waals surface area contributed by atoms with Crippen molar-refractivity contribution in [3.63, 3.8) is 0 Å². The van der Waals surface area contributed by atoms with Gasteiger partial charge in [-0.25, -0.2) is 0 Å². The summed E-state index contributed by atoms with van der Waals surface area (Å²) in [7, 11) is 0. The van der Waals surface area contributed by atoms with Gasteiger partial charge in [0.05, 0.1) is 0 Å². The molecule has 0 fully saturated rings. The molecule has 0 aliphatic heterocycles. The summed E-state index contributed by atoms with van der Waals surface area (Å²) in [5.74, 6) is 0.238. The first-order valence-corrected chi connectivity index (χ1v) is 5.29. The number of carbonyl (C=O) groups is 1. The number of benzene rings is 2. The highest BCUT2D eigenvalue weighted by Gasteiger charge is 2.00. The molecule has 2 aromatic rings. The topological polar surface area (TPSA) is 52.3 Å². The maximum absolute atomic E-state index is 10.8. The number of hydrogen-bond donors (Lipinski definition) is 1. The second-order valence-electron chi connectivity index (χ2n) is 3.74. The smallest absolute Gasteiger partial charge is 0.308 e. The molecular formula is C14H13NO2. The summed E-state index contributed by atoms with van der Waals surface area (Å²) in [6, 6.07) is 15.0. The second kappa shape index (κ2) is 4.70. The van der Waals surface area contributed by atoms with E-state index in [1.165, 1.54) is 6.92 Å². The minimum atomic E-state index is -0.315. The van der Waals surface area contributed by atoms with Gasteiger partial charge in [0.25, 0.3) is 0 Å². The first-order valence-electron chi connectivity index (χ1n) is 5.29. The third-order valence-corrected chi connectivity index (χ3v) is 2.36. The van der Waals surface area contributed by atoms with E-state index in [2.05, 4.69) is 0 Å². The Hall–Kier alpha value is -2.29. The number of anilines is 1. The Balaban J connectivity index is 2.23. The molecule has 0 heterocycles. The van der Waals surface area contributed by atoms with Crippen molar-refractivity contribution in [2.24, 2.45) is 0 Å². The maximum Gasteiger partial charge on any atom is 0.308 e. The van der Waals surface area contributed by atoms with Crippen LogP contribution in [0.5, 0.6) is 5.75 Å². The van der Waals surface area contributed by atoms with Crippen LogP contribution in [0.25, 0.3) is 11.1 Å². The van der Waals surface area contributed by atoms with Crippen molar-refractivity contribution in [3.8, 4) is 16.9 Å². The molecule has 0 aromatic heterocycles.